The highest BCUT2D eigenvalue weighted by molar-refractivity contribution is 5.83. The third-order valence-electron chi connectivity index (χ3n) is 3.35. The molecule has 0 unspecified atom stereocenters. The lowest BCUT2D eigenvalue weighted by Crippen LogP contribution is -2.49. The zero-order chi connectivity index (χ0) is 15.8. The summed E-state index contributed by atoms with van der Waals surface area (Å²) in [7, 11) is 1.27. The minimum Gasteiger partial charge on any atom is -0.467 e. The molecule has 116 valence electrons. The number of ether oxygens (including phenoxy) is 1. The molecule has 1 rings (SSSR count). The molecule has 2 N–H and O–H groups in total. The molecular weight excluding hydrogens is 275 g/mol. The summed E-state index contributed by atoms with van der Waals surface area (Å²) in [6, 6.07) is 4.92. The molecule has 0 aliphatic heterocycles. The van der Waals surface area contributed by atoms with Gasteiger partial charge in [-0.2, -0.15) is 0 Å². The first-order chi connectivity index (χ1) is 9.99. The largest absolute Gasteiger partial charge is 0.467 e. The van der Waals surface area contributed by atoms with Crippen LogP contribution >= 0.6 is 0 Å². The van der Waals surface area contributed by atoms with Gasteiger partial charge in [-0.25, -0.2) is 14.0 Å². The number of methoxy groups -OCH3 is 1. The van der Waals surface area contributed by atoms with Crippen molar-refractivity contribution in [3.63, 3.8) is 0 Å². The predicted octanol–water partition coefficient (Wildman–Crippen LogP) is 2.21. The Bertz CT molecular complexity index is 494. The highest BCUT2D eigenvalue weighted by atomic mass is 19.1. The lowest BCUT2D eigenvalue weighted by Gasteiger charge is -2.22. The summed E-state index contributed by atoms with van der Waals surface area (Å²) in [6.07, 6.45) is 0.716. The molecule has 1 aromatic rings. The number of carbonyl (C=O) groups excluding carboxylic acids is 2. The molecule has 0 saturated carbocycles. The fourth-order valence-electron chi connectivity index (χ4n) is 1.81. The fraction of sp³-hybridized carbons (Fsp3) is 0.467. The van der Waals surface area contributed by atoms with E-state index in [-0.39, 0.29) is 18.3 Å². The second-order valence-corrected chi connectivity index (χ2v) is 4.80. The van der Waals surface area contributed by atoms with Crippen LogP contribution < -0.4 is 10.6 Å². The van der Waals surface area contributed by atoms with Crippen LogP contribution in [0.15, 0.2) is 24.3 Å². The van der Waals surface area contributed by atoms with Crippen LogP contribution in [0, 0.1) is 11.7 Å². The molecule has 0 spiro atoms. The summed E-state index contributed by atoms with van der Waals surface area (Å²) in [5, 5.41) is 5.09. The van der Waals surface area contributed by atoms with Gasteiger partial charge in [-0.3, -0.25) is 0 Å². The van der Waals surface area contributed by atoms with Gasteiger partial charge in [0.2, 0.25) is 0 Å². The number of hydrogen-bond donors (Lipinski definition) is 2. The molecule has 5 nitrogen and oxygen atoms in total. The van der Waals surface area contributed by atoms with Crippen molar-refractivity contribution in [1.82, 2.24) is 10.6 Å². The van der Waals surface area contributed by atoms with Crippen LogP contribution in [0.2, 0.25) is 0 Å². The van der Waals surface area contributed by atoms with Crippen molar-refractivity contribution in [2.24, 2.45) is 5.92 Å². The monoisotopic (exact) mass is 296 g/mol. The van der Waals surface area contributed by atoms with E-state index in [0.29, 0.717) is 12.0 Å². The van der Waals surface area contributed by atoms with Gasteiger partial charge in [-0.05, 0) is 12.0 Å². The second-order valence-electron chi connectivity index (χ2n) is 4.80. The SMILES string of the molecule is CC[C@H](C)[C@@H](NC(=O)NCc1ccccc1F)C(=O)OC. The van der Waals surface area contributed by atoms with Crippen molar-refractivity contribution in [1.29, 1.82) is 0 Å². The smallest absolute Gasteiger partial charge is 0.328 e. The Morgan fingerprint density at radius 3 is 2.57 bits per heavy atom. The molecule has 0 saturated heterocycles. The summed E-state index contributed by atoms with van der Waals surface area (Å²) in [5.41, 5.74) is 0.380. The van der Waals surface area contributed by atoms with Gasteiger partial charge >= 0.3 is 12.0 Å². The summed E-state index contributed by atoms with van der Waals surface area (Å²) < 4.78 is 18.1. The fourth-order valence-corrected chi connectivity index (χ4v) is 1.81. The van der Waals surface area contributed by atoms with E-state index in [0.717, 1.165) is 0 Å². The number of amides is 2. The number of urea groups is 1. The Morgan fingerprint density at radius 2 is 2.00 bits per heavy atom. The van der Waals surface area contributed by atoms with Gasteiger partial charge in [0, 0.05) is 12.1 Å². The van der Waals surface area contributed by atoms with E-state index in [1.54, 1.807) is 18.2 Å². The maximum Gasteiger partial charge on any atom is 0.328 e. The van der Waals surface area contributed by atoms with Gasteiger partial charge in [0.1, 0.15) is 11.9 Å². The molecular formula is C15H21FN2O3. The molecule has 0 bridgehead atoms. The van der Waals surface area contributed by atoms with Crippen LogP contribution in [0.4, 0.5) is 9.18 Å². The van der Waals surface area contributed by atoms with Gasteiger partial charge in [0.05, 0.1) is 7.11 Å². The van der Waals surface area contributed by atoms with E-state index in [4.69, 9.17) is 0 Å². The van der Waals surface area contributed by atoms with Gasteiger partial charge in [-0.15, -0.1) is 0 Å². The maximum atomic E-state index is 13.4. The summed E-state index contributed by atoms with van der Waals surface area (Å²) in [4.78, 5) is 23.5. The number of halogens is 1. The van der Waals surface area contributed by atoms with Crippen LogP contribution in [0.3, 0.4) is 0 Å². The Morgan fingerprint density at radius 1 is 1.33 bits per heavy atom. The average molecular weight is 296 g/mol. The lowest BCUT2D eigenvalue weighted by molar-refractivity contribution is -0.144. The van der Waals surface area contributed by atoms with E-state index < -0.39 is 18.0 Å². The number of nitrogens with one attached hydrogen (secondary N) is 2. The Balaban J connectivity index is 2.58. The molecule has 0 fully saturated rings. The van der Waals surface area contributed by atoms with Gasteiger partial charge in [0.15, 0.2) is 0 Å². The Labute approximate surface area is 123 Å². The molecule has 0 aliphatic rings. The minimum atomic E-state index is -0.722. The number of hydrogen-bond acceptors (Lipinski definition) is 3. The minimum absolute atomic E-state index is 0.0485. The topological polar surface area (TPSA) is 67.4 Å². The first kappa shape index (κ1) is 16.9. The maximum absolute atomic E-state index is 13.4. The Kier molecular flexibility index (Phi) is 6.65. The van der Waals surface area contributed by atoms with Crippen LogP contribution in [0.1, 0.15) is 25.8 Å². The third kappa shape index (κ3) is 5.06. The number of rotatable bonds is 6. The Hall–Kier alpha value is -2.11. The zero-order valence-corrected chi connectivity index (χ0v) is 12.5. The summed E-state index contributed by atoms with van der Waals surface area (Å²) >= 11 is 0. The van der Waals surface area contributed by atoms with Crippen molar-refractivity contribution in [2.75, 3.05) is 7.11 Å². The van der Waals surface area contributed by atoms with E-state index in [9.17, 15) is 14.0 Å². The molecule has 2 atom stereocenters. The molecule has 1 aromatic carbocycles. The van der Waals surface area contributed by atoms with Crippen LogP contribution in [-0.4, -0.2) is 25.2 Å². The first-order valence-corrected chi connectivity index (χ1v) is 6.85. The molecule has 2 amide bonds. The van der Waals surface area contributed by atoms with E-state index >= 15 is 0 Å². The van der Waals surface area contributed by atoms with Gasteiger partial charge in [-0.1, -0.05) is 38.5 Å². The average Bonchev–Trinajstić information content (AvgIpc) is 2.50. The highest BCUT2D eigenvalue weighted by Gasteiger charge is 2.26. The van der Waals surface area contributed by atoms with E-state index in [1.807, 2.05) is 13.8 Å². The van der Waals surface area contributed by atoms with E-state index in [2.05, 4.69) is 15.4 Å². The van der Waals surface area contributed by atoms with Crippen LogP contribution in [0.25, 0.3) is 0 Å². The van der Waals surface area contributed by atoms with Crippen molar-refractivity contribution in [2.45, 2.75) is 32.9 Å². The first-order valence-electron chi connectivity index (χ1n) is 6.85. The third-order valence-corrected chi connectivity index (χ3v) is 3.35. The number of esters is 1. The van der Waals surface area contributed by atoms with Crippen molar-refractivity contribution in [3.05, 3.63) is 35.6 Å². The standard InChI is InChI=1S/C15H21FN2O3/c1-4-10(2)13(14(19)21-3)18-15(20)17-9-11-7-5-6-8-12(11)16/h5-8,10,13H,4,9H2,1-3H3,(H2,17,18,20)/t10-,13+/m0/s1. The quantitative estimate of drug-likeness (QED) is 0.791. The number of benzene rings is 1. The molecule has 0 heterocycles. The predicted molar refractivity (Wildman–Crippen MR) is 77.0 cm³/mol. The lowest BCUT2D eigenvalue weighted by atomic mass is 9.99. The summed E-state index contributed by atoms with van der Waals surface area (Å²) in [6.45, 7) is 3.81. The highest BCUT2D eigenvalue weighted by Crippen LogP contribution is 2.09. The van der Waals surface area contributed by atoms with Gasteiger partial charge < -0.3 is 15.4 Å². The van der Waals surface area contributed by atoms with Crippen molar-refractivity contribution < 1.29 is 18.7 Å². The zero-order valence-electron chi connectivity index (χ0n) is 12.5. The van der Waals surface area contributed by atoms with E-state index in [1.165, 1.54) is 13.2 Å². The van der Waals surface area contributed by atoms with Crippen molar-refractivity contribution >= 4 is 12.0 Å². The molecule has 0 radical (unpaired) electrons. The molecule has 0 aliphatic carbocycles. The molecule has 21 heavy (non-hydrogen) atoms. The van der Waals surface area contributed by atoms with Crippen molar-refractivity contribution in [3.8, 4) is 0 Å². The second kappa shape index (κ2) is 8.24. The normalized spacial score (nSPS) is 13.1. The van der Waals surface area contributed by atoms with Crippen LogP contribution in [0.5, 0.6) is 0 Å². The number of carbonyl (C=O) groups is 2. The molecule has 0 aromatic heterocycles. The summed E-state index contributed by atoms with van der Waals surface area (Å²) in [5.74, 6) is -0.939. The molecule has 6 heteroatoms. The van der Waals surface area contributed by atoms with Gasteiger partial charge in [0.25, 0.3) is 0 Å². The van der Waals surface area contributed by atoms with Crippen LogP contribution in [-0.2, 0) is 16.1 Å².